The van der Waals surface area contributed by atoms with Crippen LogP contribution in [0.1, 0.15) is 6.92 Å². The van der Waals surface area contributed by atoms with Crippen molar-refractivity contribution < 1.29 is 24.2 Å². The summed E-state index contributed by atoms with van der Waals surface area (Å²) < 4.78 is 4.66. The molecule has 0 spiro atoms. The van der Waals surface area contributed by atoms with Gasteiger partial charge in [-0.3, -0.25) is 14.5 Å². The number of carbonyl (C=O) groups excluding carboxylic acids is 2. The Balaban J connectivity index is 2.96. The first-order valence-electron chi connectivity index (χ1n) is 5.97. The average Bonchev–Trinajstić information content (AvgIpc) is 2.44. The summed E-state index contributed by atoms with van der Waals surface area (Å²) in [5, 5.41) is 8.87. The van der Waals surface area contributed by atoms with Crippen molar-refractivity contribution in [3.63, 3.8) is 0 Å². The smallest absolute Gasteiger partial charge is 0.332 e. The van der Waals surface area contributed by atoms with Crippen molar-refractivity contribution >= 4 is 23.5 Å². The van der Waals surface area contributed by atoms with Crippen LogP contribution < -0.4 is 10.6 Å². The molecule has 1 aromatic carbocycles. The maximum absolute atomic E-state index is 12.1. The van der Waals surface area contributed by atoms with Crippen LogP contribution in [0.25, 0.3) is 0 Å². The van der Waals surface area contributed by atoms with Gasteiger partial charge in [-0.25, -0.2) is 4.79 Å². The van der Waals surface area contributed by atoms with Gasteiger partial charge in [0.1, 0.15) is 6.54 Å². The zero-order valence-electron chi connectivity index (χ0n) is 11.0. The van der Waals surface area contributed by atoms with Crippen molar-refractivity contribution in [3.05, 3.63) is 30.3 Å². The summed E-state index contributed by atoms with van der Waals surface area (Å²) in [5.74, 6) is -2.92. The van der Waals surface area contributed by atoms with E-state index in [1.807, 2.05) is 0 Å². The summed E-state index contributed by atoms with van der Waals surface area (Å²) in [6, 6.07) is 6.57. The summed E-state index contributed by atoms with van der Waals surface area (Å²) in [6.45, 7) is 1.08. The number of aliphatic carboxylic acids is 1. The molecule has 3 N–H and O–H groups in total. The number of nitrogens with two attached hydrogens (primary N) is 1. The molecule has 108 valence electrons. The highest BCUT2D eigenvalue weighted by molar-refractivity contribution is 6.10. The van der Waals surface area contributed by atoms with E-state index in [9.17, 15) is 14.4 Å². The fraction of sp³-hybridized carbons (Fsp3) is 0.308. The zero-order valence-corrected chi connectivity index (χ0v) is 11.0. The number of ether oxygens (including phenoxy) is 1. The molecule has 20 heavy (non-hydrogen) atoms. The first-order chi connectivity index (χ1) is 9.47. The Hall–Kier alpha value is -2.41. The number of amides is 1. The van der Waals surface area contributed by atoms with Crippen molar-refractivity contribution in [1.82, 2.24) is 0 Å². The van der Waals surface area contributed by atoms with E-state index in [4.69, 9.17) is 10.8 Å². The number of rotatable bonds is 6. The minimum atomic E-state index is -1.55. The molecule has 1 amide bonds. The number of hydrogen-bond acceptors (Lipinski definition) is 5. The van der Waals surface area contributed by atoms with Gasteiger partial charge in [0, 0.05) is 5.69 Å². The van der Waals surface area contributed by atoms with Crippen LogP contribution in [0.15, 0.2) is 30.3 Å². The molecular weight excluding hydrogens is 264 g/mol. The van der Waals surface area contributed by atoms with E-state index >= 15 is 0 Å². The number of para-hydroxylation sites is 1. The van der Waals surface area contributed by atoms with Crippen molar-refractivity contribution in [2.45, 2.75) is 13.0 Å². The van der Waals surface area contributed by atoms with Crippen LogP contribution in [0, 0.1) is 0 Å². The molecule has 1 rings (SSSR count). The second-order valence-corrected chi connectivity index (χ2v) is 3.88. The van der Waals surface area contributed by atoms with Gasteiger partial charge in [-0.2, -0.15) is 0 Å². The van der Waals surface area contributed by atoms with Crippen molar-refractivity contribution in [2.24, 2.45) is 5.73 Å². The van der Waals surface area contributed by atoms with E-state index in [0.717, 1.165) is 4.90 Å². The number of hydrogen-bond donors (Lipinski definition) is 2. The third-order valence-corrected chi connectivity index (χ3v) is 2.43. The molecule has 1 unspecified atom stereocenters. The number of nitrogens with zero attached hydrogens (tertiary/aromatic N) is 1. The Labute approximate surface area is 115 Å². The van der Waals surface area contributed by atoms with Gasteiger partial charge in [0.25, 0.3) is 5.91 Å². The molecule has 1 aromatic rings. The van der Waals surface area contributed by atoms with Gasteiger partial charge in [-0.15, -0.1) is 0 Å². The predicted octanol–water partition coefficient (Wildman–Crippen LogP) is -0.00540. The molecule has 7 heteroatoms. The molecule has 1 atom stereocenters. The molecule has 0 radical (unpaired) electrons. The van der Waals surface area contributed by atoms with Crippen LogP contribution in [-0.4, -0.2) is 42.1 Å². The Morgan fingerprint density at radius 2 is 1.90 bits per heavy atom. The molecule has 7 nitrogen and oxygen atoms in total. The number of anilines is 1. The number of benzene rings is 1. The van der Waals surface area contributed by atoms with Gasteiger partial charge in [0.2, 0.25) is 0 Å². The second-order valence-electron chi connectivity index (χ2n) is 3.88. The van der Waals surface area contributed by atoms with Crippen LogP contribution in [0.5, 0.6) is 0 Å². The minimum Gasteiger partial charge on any atom is -0.480 e. The minimum absolute atomic E-state index is 0.0874. The highest BCUT2D eigenvalue weighted by atomic mass is 16.5. The first-order valence-corrected chi connectivity index (χ1v) is 5.97. The summed E-state index contributed by atoms with van der Waals surface area (Å²) >= 11 is 0. The highest BCUT2D eigenvalue weighted by Crippen LogP contribution is 2.14. The van der Waals surface area contributed by atoms with Crippen molar-refractivity contribution in [2.75, 3.05) is 18.1 Å². The Morgan fingerprint density at radius 1 is 1.30 bits per heavy atom. The summed E-state index contributed by atoms with van der Waals surface area (Å²) in [4.78, 5) is 35.4. The van der Waals surface area contributed by atoms with Gasteiger partial charge in [0.15, 0.2) is 6.04 Å². The SMILES string of the molecule is CCOC(=O)C(N)C(=O)N(CC(=O)O)c1ccccc1. The topological polar surface area (TPSA) is 110 Å². The Bertz CT molecular complexity index is 489. The van der Waals surface area contributed by atoms with Gasteiger partial charge in [-0.05, 0) is 19.1 Å². The van der Waals surface area contributed by atoms with Gasteiger partial charge < -0.3 is 15.6 Å². The standard InChI is InChI=1S/C13H16N2O5/c1-2-20-13(19)11(14)12(18)15(8-10(16)17)9-6-4-3-5-7-9/h3-7,11H,2,8,14H2,1H3,(H,16,17). The van der Waals surface area contributed by atoms with Crippen molar-refractivity contribution in [3.8, 4) is 0 Å². The van der Waals surface area contributed by atoms with Crippen LogP contribution in [-0.2, 0) is 19.1 Å². The lowest BCUT2D eigenvalue weighted by Gasteiger charge is -2.23. The second kappa shape index (κ2) is 7.25. The molecule has 0 aliphatic rings. The van der Waals surface area contributed by atoms with E-state index in [1.54, 1.807) is 37.3 Å². The maximum atomic E-state index is 12.1. The highest BCUT2D eigenvalue weighted by Gasteiger charge is 2.30. The predicted molar refractivity (Wildman–Crippen MR) is 71.0 cm³/mol. The van der Waals surface area contributed by atoms with Crippen molar-refractivity contribution in [1.29, 1.82) is 0 Å². The van der Waals surface area contributed by atoms with Crippen LogP contribution in [0.2, 0.25) is 0 Å². The fourth-order valence-electron chi connectivity index (χ4n) is 1.54. The average molecular weight is 280 g/mol. The monoisotopic (exact) mass is 280 g/mol. The summed E-state index contributed by atoms with van der Waals surface area (Å²) in [6.07, 6.45) is 0. The summed E-state index contributed by atoms with van der Waals surface area (Å²) in [5.41, 5.74) is 5.85. The van der Waals surface area contributed by atoms with Gasteiger partial charge in [0.05, 0.1) is 6.61 Å². The Morgan fingerprint density at radius 3 is 2.40 bits per heavy atom. The Kier molecular flexibility index (Phi) is 5.67. The molecule has 0 aliphatic heterocycles. The molecule has 0 heterocycles. The summed E-state index contributed by atoms with van der Waals surface area (Å²) in [7, 11) is 0. The maximum Gasteiger partial charge on any atom is 0.332 e. The van der Waals surface area contributed by atoms with E-state index in [2.05, 4.69) is 4.74 Å². The zero-order chi connectivity index (χ0) is 15.1. The molecule has 0 bridgehead atoms. The lowest BCUT2D eigenvalue weighted by molar-refractivity contribution is -0.148. The quantitative estimate of drug-likeness (QED) is 0.560. The van der Waals surface area contributed by atoms with E-state index in [-0.39, 0.29) is 6.61 Å². The number of carbonyl (C=O) groups is 3. The van der Waals surface area contributed by atoms with E-state index in [1.165, 1.54) is 0 Å². The first kappa shape index (κ1) is 15.6. The third kappa shape index (κ3) is 4.06. The lowest BCUT2D eigenvalue weighted by Crippen LogP contribution is -2.50. The number of carboxylic acids is 1. The number of carboxylic acid groups (broad SMARTS) is 1. The van der Waals surface area contributed by atoms with Gasteiger partial charge >= 0.3 is 11.9 Å². The normalized spacial score (nSPS) is 11.5. The van der Waals surface area contributed by atoms with Crippen LogP contribution in [0.4, 0.5) is 5.69 Å². The number of esters is 1. The molecule has 0 saturated carbocycles. The molecule has 0 aromatic heterocycles. The lowest BCUT2D eigenvalue weighted by atomic mass is 10.2. The van der Waals surface area contributed by atoms with E-state index < -0.39 is 30.4 Å². The molecule has 0 fully saturated rings. The van der Waals surface area contributed by atoms with E-state index in [0.29, 0.717) is 5.69 Å². The molecule has 0 aliphatic carbocycles. The molecular formula is C13H16N2O5. The van der Waals surface area contributed by atoms with Gasteiger partial charge in [-0.1, -0.05) is 18.2 Å². The third-order valence-electron chi connectivity index (χ3n) is 2.43. The molecule has 0 saturated heterocycles. The van der Waals surface area contributed by atoms with Crippen LogP contribution in [0.3, 0.4) is 0 Å². The largest absolute Gasteiger partial charge is 0.480 e. The van der Waals surface area contributed by atoms with Crippen LogP contribution >= 0.6 is 0 Å². The fourth-order valence-corrected chi connectivity index (χ4v) is 1.54.